The van der Waals surface area contributed by atoms with Crippen LogP contribution in [0.25, 0.3) is 0 Å². The van der Waals surface area contributed by atoms with Gasteiger partial charge in [-0.05, 0) is 24.3 Å². The third-order valence-electron chi connectivity index (χ3n) is 3.95. The molecule has 7 nitrogen and oxygen atoms in total. The van der Waals surface area contributed by atoms with Crippen LogP contribution in [-0.2, 0) is 4.79 Å². The molecule has 0 spiro atoms. The van der Waals surface area contributed by atoms with E-state index in [4.69, 9.17) is 10.2 Å². The molecule has 1 aliphatic heterocycles. The van der Waals surface area contributed by atoms with Crippen LogP contribution in [0, 0.1) is 0 Å². The number of aliphatic carboxylic acids is 1. The zero-order chi connectivity index (χ0) is 18.0. The number of hydrogen-bond donors (Lipinski definition) is 2. The van der Waals surface area contributed by atoms with Crippen molar-refractivity contribution < 1.29 is 23.9 Å². The van der Waals surface area contributed by atoms with Crippen molar-refractivity contribution in [3.8, 4) is 0 Å². The fourth-order valence-corrected chi connectivity index (χ4v) is 3.84. The molecular weight excluding hydrogens is 344 g/mol. The zero-order valence-electron chi connectivity index (χ0n) is 13.1. The van der Waals surface area contributed by atoms with E-state index in [1.54, 1.807) is 24.3 Å². The van der Waals surface area contributed by atoms with Crippen molar-refractivity contribution in [1.29, 1.82) is 0 Å². The molecule has 130 valence electrons. The predicted molar refractivity (Wildman–Crippen MR) is 91.3 cm³/mol. The van der Waals surface area contributed by atoms with Crippen LogP contribution in [0.1, 0.15) is 31.7 Å². The summed E-state index contributed by atoms with van der Waals surface area (Å²) < 4.78 is 5.30. The monoisotopic (exact) mass is 360 g/mol. The van der Waals surface area contributed by atoms with E-state index in [1.807, 2.05) is 0 Å². The number of carbonyl (C=O) groups excluding carboxylic acids is 2. The van der Waals surface area contributed by atoms with Crippen molar-refractivity contribution in [2.24, 2.45) is 5.73 Å². The minimum atomic E-state index is -1.28. The lowest BCUT2D eigenvalue weighted by atomic mass is 10.1. The van der Waals surface area contributed by atoms with Gasteiger partial charge in [-0.15, -0.1) is 11.8 Å². The van der Waals surface area contributed by atoms with E-state index < -0.39 is 23.8 Å². The largest absolute Gasteiger partial charge is 0.480 e. The molecule has 8 heteroatoms. The molecule has 2 unspecified atom stereocenters. The number of rotatable bonds is 7. The third-order valence-corrected chi connectivity index (χ3v) is 5.29. The van der Waals surface area contributed by atoms with Gasteiger partial charge in [0.2, 0.25) is 0 Å². The van der Waals surface area contributed by atoms with Crippen LogP contribution in [0.2, 0.25) is 0 Å². The molecule has 0 bridgehead atoms. The molecule has 2 heterocycles. The van der Waals surface area contributed by atoms with Crippen molar-refractivity contribution in [3.63, 3.8) is 0 Å². The van der Waals surface area contributed by atoms with E-state index in [1.165, 1.54) is 30.2 Å². The molecule has 3 N–H and O–H groups in total. The second-order valence-corrected chi connectivity index (χ2v) is 6.69. The number of carboxylic acid groups (broad SMARTS) is 1. The summed E-state index contributed by atoms with van der Waals surface area (Å²) in [7, 11) is 0. The van der Waals surface area contributed by atoms with Crippen LogP contribution in [0.15, 0.2) is 47.1 Å². The van der Waals surface area contributed by atoms with E-state index in [0.29, 0.717) is 5.76 Å². The van der Waals surface area contributed by atoms with Gasteiger partial charge in [0.25, 0.3) is 11.8 Å². The Morgan fingerprint density at radius 1 is 1.16 bits per heavy atom. The van der Waals surface area contributed by atoms with Crippen molar-refractivity contribution in [3.05, 3.63) is 59.5 Å². The van der Waals surface area contributed by atoms with Crippen molar-refractivity contribution >= 4 is 29.5 Å². The number of amides is 2. The van der Waals surface area contributed by atoms with Crippen molar-refractivity contribution in [2.45, 2.75) is 11.3 Å². The van der Waals surface area contributed by atoms with Gasteiger partial charge in [-0.2, -0.15) is 0 Å². The van der Waals surface area contributed by atoms with Gasteiger partial charge in [-0.25, -0.2) is 4.79 Å². The average Bonchev–Trinajstić information content (AvgIpc) is 3.21. The van der Waals surface area contributed by atoms with E-state index in [2.05, 4.69) is 0 Å². The Kier molecular flexibility index (Phi) is 4.91. The highest BCUT2D eigenvalue weighted by molar-refractivity contribution is 7.99. The molecule has 3 rings (SSSR count). The van der Waals surface area contributed by atoms with Crippen molar-refractivity contribution in [1.82, 2.24) is 4.90 Å². The quantitative estimate of drug-likeness (QED) is 0.723. The fraction of sp³-hybridized carbons (Fsp3) is 0.235. The van der Waals surface area contributed by atoms with Crippen LogP contribution >= 0.6 is 11.8 Å². The maximum atomic E-state index is 12.5. The number of carbonyl (C=O) groups is 3. The lowest BCUT2D eigenvalue weighted by molar-refractivity contribution is -0.140. The molecule has 0 saturated heterocycles. The number of furan rings is 1. The standard InChI is InChI=1S/C17H16N2O5S/c18-8-14(13-6-3-7-24-13)25-9-12(17(22)23)19-15(20)10-4-1-2-5-11(10)16(19)21/h1-7,12,14H,8-9,18H2,(H,22,23). The first-order valence-electron chi connectivity index (χ1n) is 7.59. The smallest absolute Gasteiger partial charge is 0.327 e. The highest BCUT2D eigenvalue weighted by Crippen LogP contribution is 2.31. The molecule has 0 saturated carbocycles. The normalized spacial score (nSPS) is 16.0. The fourth-order valence-electron chi connectivity index (χ4n) is 2.70. The molecule has 0 fully saturated rings. The number of imide groups is 1. The molecule has 0 aliphatic carbocycles. The first kappa shape index (κ1) is 17.2. The van der Waals surface area contributed by atoms with E-state index in [0.717, 1.165) is 4.90 Å². The Balaban J connectivity index is 1.80. The van der Waals surface area contributed by atoms with Gasteiger partial charge in [0, 0.05) is 12.3 Å². The highest BCUT2D eigenvalue weighted by atomic mass is 32.2. The molecule has 1 aromatic heterocycles. The molecule has 25 heavy (non-hydrogen) atoms. The first-order chi connectivity index (χ1) is 12.0. The molecule has 2 amide bonds. The second kappa shape index (κ2) is 7.12. The minimum Gasteiger partial charge on any atom is -0.480 e. The summed E-state index contributed by atoms with van der Waals surface area (Å²) in [4.78, 5) is 37.5. The molecule has 1 aromatic carbocycles. The Morgan fingerprint density at radius 3 is 2.28 bits per heavy atom. The Morgan fingerprint density at radius 2 is 1.80 bits per heavy atom. The van der Waals surface area contributed by atoms with E-state index in [-0.39, 0.29) is 28.7 Å². The van der Waals surface area contributed by atoms with Crippen LogP contribution in [-0.4, -0.2) is 46.1 Å². The molecule has 1 aliphatic rings. The number of thioether (sulfide) groups is 1. The second-order valence-electron chi connectivity index (χ2n) is 5.45. The summed E-state index contributed by atoms with van der Waals surface area (Å²) in [6, 6.07) is 8.51. The Hall–Kier alpha value is -2.58. The average molecular weight is 360 g/mol. The first-order valence-corrected chi connectivity index (χ1v) is 8.64. The van der Waals surface area contributed by atoms with Gasteiger partial charge in [-0.3, -0.25) is 14.5 Å². The van der Waals surface area contributed by atoms with Crippen LogP contribution in [0.4, 0.5) is 0 Å². The number of benzene rings is 1. The number of fused-ring (bicyclic) bond motifs is 1. The number of nitrogens with two attached hydrogens (primary N) is 1. The van der Waals surface area contributed by atoms with Crippen LogP contribution in [0.3, 0.4) is 0 Å². The van der Waals surface area contributed by atoms with Gasteiger partial charge < -0.3 is 15.3 Å². The summed E-state index contributed by atoms with van der Waals surface area (Å²) in [5, 5.41) is 9.29. The lowest BCUT2D eigenvalue weighted by Crippen LogP contribution is -2.46. The summed E-state index contributed by atoms with van der Waals surface area (Å²) >= 11 is 1.24. The van der Waals surface area contributed by atoms with Gasteiger partial charge in [0.15, 0.2) is 0 Å². The minimum absolute atomic E-state index is 0.0172. The molecule has 2 aromatic rings. The number of hydrogen-bond acceptors (Lipinski definition) is 6. The maximum Gasteiger partial charge on any atom is 0.327 e. The summed E-state index contributed by atoms with van der Waals surface area (Å²) in [6.07, 6.45) is 1.51. The summed E-state index contributed by atoms with van der Waals surface area (Å²) in [6.45, 7) is 0.243. The van der Waals surface area contributed by atoms with Crippen LogP contribution < -0.4 is 5.73 Å². The zero-order valence-corrected chi connectivity index (χ0v) is 13.9. The topological polar surface area (TPSA) is 114 Å². The van der Waals surface area contributed by atoms with E-state index >= 15 is 0 Å². The van der Waals surface area contributed by atoms with Crippen LogP contribution in [0.5, 0.6) is 0 Å². The molecule has 0 radical (unpaired) electrons. The lowest BCUT2D eigenvalue weighted by Gasteiger charge is -2.23. The Labute approximate surface area is 147 Å². The van der Waals surface area contributed by atoms with Gasteiger partial charge in [-0.1, -0.05) is 12.1 Å². The third kappa shape index (κ3) is 3.18. The molecular formula is C17H16N2O5S. The van der Waals surface area contributed by atoms with Gasteiger partial charge in [0.05, 0.1) is 22.6 Å². The Bertz CT molecular complexity index is 770. The summed E-state index contributed by atoms with van der Waals surface area (Å²) in [5.74, 6) is -1.77. The maximum absolute atomic E-state index is 12.5. The SMILES string of the molecule is NCC(SCC(C(=O)O)N1C(=O)c2ccccc2C1=O)c1ccco1. The number of nitrogens with zero attached hydrogens (tertiary/aromatic N) is 1. The molecule has 2 atom stereocenters. The van der Waals surface area contributed by atoms with Gasteiger partial charge in [0.1, 0.15) is 11.8 Å². The van der Waals surface area contributed by atoms with Gasteiger partial charge >= 0.3 is 5.97 Å². The highest BCUT2D eigenvalue weighted by Gasteiger charge is 2.43. The number of carboxylic acids is 1. The van der Waals surface area contributed by atoms with Crippen molar-refractivity contribution in [2.75, 3.05) is 12.3 Å². The van der Waals surface area contributed by atoms with E-state index in [9.17, 15) is 19.5 Å². The summed E-state index contributed by atoms with van der Waals surface area (Å²) in [5.41, 5.74) is 6.18. The predicted octanol–water partition coefficient (Wildman–Crippen LogP) is 1.76.